The third kappa shape index (κ3) is 16.0. The quantitative estimate of drug-likeness (QED) is 0.0335. The Morgan fingerprint density at radius 2 is 1.10 bits per heavy atom. The van der Waals surface area contributed by atoms with Gasteiger partial charge in [0.25, 0.3) is 0 Å². The number of amides is 1. The van der Waals surface area contributed by atoms with Crippen molar-refractivity contribution in [1.82, 2.24) is 4.90 Å². The number of azide groups is 5. The molecule has 2 aromatic rings. The summed E-state index contributed by atoms with van der Waals surface area (Å²) in [6.45, 7) is 7.16. The van der Waals surface area contributed by atoms with Gasteiger partial charge < -0.3 is 52.1 Å². The van der Waals surface area contributed by atoms with Gasteiger partial charge in [0.05, 0.1) is 49.0 Å². The van der Waals surface area contributed by atoms with E-state index in [2.05, 4.69) is 50.1 Å². The lowest BCUT2D eigenvalue weighted by Gasteiger charge is -2.47. The number of ether oxygens (including phenoxy) is 11. The Morgan fingerprint density at radius 3 is 1.69 bits per heavy atom. The van der Waals surface area contributed by atoms with Crippen molar-refractivity contribution in [3.05, 3.63) is 124 Å². The molecule has 1 amide bonds. The molecule has 4 aliphatic rings. The molecule has 4 fully saturated rings. The van der Waals surface area contributed by atoms with Gasteiger partial charge in [-0.1, -0.05) is 93.2 Å². The summed E-state index contributed by atoms with van der Waals surface area (Å²) in [5, 5.41) is 19.1. The van der Waals surface area contributed by atoms with Gasteiger partial charge in [0, 0.05) is 58.8 Å². The number of hydrogen-bond acceptors (Lipinski definition) is 21. The number of carbonyl (C=O) groups is 5. The van der Waals surface area contributed by atoms with Crippen molar-refractivity contribution < 1.29 is 76.1 Å². The highest BCUT2D eigenvalue weighted by Gasteiger charge is 2.58. The molecule has 3 heterocycles. The van der Waals surface area contributed by atoms with Gasteiger partial charge in [0.15, 0.2) is 37.2 Å². The van der Waals surface area contributed by atoms with Crippen molar-refractivity contribution in [3.63, 3.8) is 0 Å². The van der Waals surface area contributed by atoms with Gasteiger partial charge in [-0.25, -0.2) is 4.79 Å². The van der Waals surface area contributed by atoms with Crippen LogP contribution in [0.4, 0.5) is 4.79 Å². The van der Waals surface area contributed by atoms with E-state index in [1.54, 1.807) is 13.8 Å². The summed E-state index contributed by atoms with van der Waals surface area (Å²) in [4.78, 5) is 81.1. The third-order valence-corrected chi connectivity index (χ3v) is 13.4. The van der Waals surface area contributed by atoms with Crippen molar-refractivity contribution >= 4 is 30.0 Å². The lowest BCUT2D eigenvalue weighted by Crippen LogP contribution is -2.62. The number of nitrogens with zero attached hydrogens (tertiary/aromatic N) is 16. The average molecular weight is 1120 g/mol. The fourth-order valence-electron chi connectivity index (χ4n) is 9.96. The molecule has 1 saturated carbocycles. The molecule has 0 spiro atoms. The highest BCUT2D eigenvalue weighted by molar-refractivity contribution is 5.69. The Balaban J connectivity index is 1.38. The maximum absolute atomic E-state index is 14.1. The van der Waals surface area contributed by atoms with Gasteiger partial charge in [-0.15, -0.1) is 0 Å². The zero-order chi connectivity index (χ0) is 57.9. The van der Waals surface area contributed by atoms with Crippen LogP contribution in [-0.4, -0.2) is 152 Å². The molecular weight excluding hydrogens is 1060 g/mol. The van der Waals surface area contributed by atoms with Gasteiger partial charge in [0.2, 0.25) is 0 Å². The molecule has 3 aliphatic heterocycles. The monoisotopic (exact) mass is 1120 g/mol. The van der Waals surface area contributed by atoms with Crippen LogP contribution in [0.5, 0.6) is 0 Å². The van der Waals surface area contributed by atoms with Crippen molar-refractivity contribution in [2.45, 2.75) is 190 Å². The predicted molar refractivity (Wildman–Crippen MR) is 271 cm³/mol. The predicted octanol–water partition coefficient (Wildman–Crippen LogP) is 7.89. The summed E-state index contributed by atoms with van der Waals surface area (Å²) in [6, 6.07) is 12.1. The first-order chi connectivity index (χ1) is 38.5. The molecule has 80 heavy (non-hydrogen) atoms. The van der Waals surface area contributed by atoms with E-state index in [1.165, 1.54) is 4.90 Å². The molecule has 32 heteroatoms. The number of rotatable bonds is 23. The van der Waals surface area contributed by atoms with E-state index >= 15 is 0 Å². The molecule has 0 N–H and O–H groups in total. The number of carbonyl (C=O) groups excluding carboxylic acids is 5. The Morgan fingerprint density at radius 1 is 0.575 bits per heavy atom. The summed E-state index contributed by atoms with van der Waals surface area (Å²) in [5.41, 5.74) is 50.1. The number of benzene rings is 2. The molecule has 0 bridgehead atoms. The van der Waals surface area contributed by atoms with E-state index in [4.69, 9.17) is 52.1 Å². The van der Waals surface area contributed by atoms with E-state index in [9.17, 15) is 51.6 Å². The maximum atomic E-state index is 14.1. The van der Waals surface area contributed by atoms with Crippen LogP contribution in [0.3, 0.4) is 0 Å². The maximum Gasteiger partial charge on any atom is 0.410 e. The Kier molecular flexibility index (Phi) is 22.7. The Bertz CT molecular complexity index is 2720. The second-order valence-electron chi connectivity index (χ2n) is 18.8. The molecular formula is C48H60N16O16. The van der Waals surface area contributed by atoms with Crippen LogP contribution >= 0.6 is 0 Å². The van der Waals surface area contributed by atoms with Gasteiger partial charge in [-0.3, -0.25) is 24.1 Å². The average Bonchev–Trinajstić information content (AvgIpc) is 3.74. The van der Waals surface area contributed by atoms with Crippen LogP contribution in [-0.2, 0) is 84.4 Å². The summed E-state index contributed by atoms with van der Waals surface area (Å²) in [5.74, 6) is -3.57. The lowest BCUT2D eigenvalue weighted by molar-refractivity contribution is -0.294. The van der Waals surface area contributed by atoms with Crippen LogP contribution < -0.4 is 0 Å². The third-order valence-electron chi connectivity index (χ3n) is 13.4. The number of hydrogen-bond donors (Lipinski definition) is 0. The van der Waals surface area contributed by atoms with Gasteiger partial charge in [-0.05, 0) is 71.4 Å². The van der Waals surface area contributed by atoms with Crippen LogP contribution in [0.2, 0.25) is 0 Å². The van der Waals surface area contributed by atoms with Crippen LogP contribution in [0.1, 0.15) is 78.4 Å². The minimum Gasteiger partial charge on any atom is -0.459 e. The molecule has 32 nitrogen and oxygen atoms in total. The fourth-order valence-corrected chi connectivity index (χ4v) is 9.96. The molecule has 3 saturated heterocycles. The minimum absolute atomic E-state index is 0.0361. The second kappa shape index (κ2) is 29.8. The lowest BCUT2D eigenvalue weighted by atomic mass is 9.83. The second-order valence-corrected chi connectivity index (χ2v) is 18.8. The summed E-state index contributed by atoms with van der Waals surface area (Å²) in [7, 11) is 0. The van der Waals surface area contributed by atoms with E-state index in [0.717, 1.165) is 38.8 Å². The highest BCUT2D eigenvalue weighted by Crippen LogP contribution is 2.41. The zero-order valence-corrected chi connectivity index (χ0v) is 44.3. The summed E-state index contributed by atoms with van der Waals surface area (Å²) < 4.78 is 67.6. The SMILES string of the molecule is CCC1OC(OC2C(OC(C)=O)C(N=[N+]=[N-])CC(N=[N+]=[N-])C2OC2OC(C(C)N(Cc3ccccc3)C(=O)OCc3ccccc3)CCC2N=[N+]=[N-])C(OC(C)=O)C1OC1OC(CN=[N+]=[N-])C(OC(C)=O)C(OC(C)=O)C1N=[N+]=[N-]. The molecule has 18 atom stereocenters. The molecule has 18 unspecified atom stereocenters. The molecule has 0 aromatic heterocycles. The van der Waals surface area contributed by atoms with Crippen LogP contribution in [0.25, 0.3) is 52.2 Å². The van der Waals surface area contributed by atoms with Crippen LogP contribution in [0.15, 0.2) is 86.2 Å². The Labute approximate surface area is 456 Å². The van der Waals surface area contributed by atoms with Crippen LogP contribution in [0, 0.1) is 0 Å². The largest absolute Gasteiger partial charge is 0.459 e. The van der Waals surface area contributed by atoms with Crippen molar-refractivity contribution in [2.75, 3.05) is 6.54 Å². The smallest absolute Gasteiger partial charge is 0.410 e. The minimum atomic E-state index is -1.76. The molecule has 428 valence electrons. The van der Waals surface area contributed by atoms with Gasteiger partial charge in [0.1, 0.15) is 37.1 Å². The molecule has 0 radical (unpaired) electrons. The van der Waals surface area contributed by atoms with E-state index in [1.807, 2.05) is 60.7 Å². The van der Waals surface area contributed by atoms with Crippen molar-refractivity contribution in [1.29, 1.82) is 0 Å². The van der Waals surface area contributed by atoms with Gasteiger partial charge >= 0.3 is 30.0 Å². The first kappa shape index (κ1) is 61.1. The molecule has 6 rings (SSSR count). The first-order valence-electron chi connectivity index (χ1n) is 25.3. The standard InChI is InChI=1S/C48H60N16O16/c1-7-34-40(79-46-37(58-63-53)42(73-27(5)67)41(72-26(4)66)36(77-46)21-54-59-49)44(74-28(6)68)47(75-34)80-43-38(71-25(3)65)32(56-61-51)20-33(57-62-52)39(43)78-45-31(55-60-50)18-19-35(76-45)24(2)64(22-29-14-10-8-11-15-29)48(69)70-23-30-16-12-9-13-17-30/h8-17,24,31-47H,7,18-23H2,1-6H3. The topological polar surface area (TPSA) is 434 Å². The highest BCUT2D eigenvalue weighted by atomic mass is 16.8. The zero-order valence-electron chi connectivity index (χ0n) is 44.3. The Hall–Kier alpha value is -8.10. The fraction of sp³-hybridized carbons (Fsp3) is 0.646. The van der Waals surface area contributed by atoms with Gasteiger partial charge in [-0.2, -0.15) is 0 Å². The van der Waals surface area contributed by atoms with E-state index in [0.29, 0.717) is 0 Å². The molecule has 2 aromatic carbocycles. The van der Waals surface area contributed by atoms with Crippen molar-refractivity contribution in [3.8, 4) is 0 Å². The first-order valence-corrected chi connectivity index (χ1v) is 25.3. The van der Waals surface area contributed by atoms with Crippen molar-refractivity contribution in [2.24, 2.45) is 25.6 Å². The normalized spacial score (nSPS) is 31.0. The number of esters is 4. The van der Waals surface area contributed by atoms with E-state index < -0.39 is 147 Å². The molecule has 1 aliphatic carbocycles. The summed E-state index contributed by atoms with van der Waals surface area (Å²) >= 11 is 0. The summed E-state index contributed by atoms with van der Waals surface area (Å²) in [6.07, 6.45) is -20.0. The van der Waals surface area contributed by atoms with E-state index in [-0.39, 0.29) is 38.8 Å².